The maximum Gasteiger partial charge on any atom is 0.295 e. The molecular weight excluding hydrogens is 267 g/mol. The first-order valence-corrected chi connectivity index (χ1v) is 5.82. The van der Waals surface area contributed by atoms with Crippen molar-refractivity contribution < 1.29 is 14.1 Å². The van der Waals surface area contributed by atoms with Crippen LogP contribution in [0.4, 0.5) is 21.5 Å². The molecule has 8 heteroatoms. The molecule has 1 aromatic heterocycles. The summed E-state index contributed by atoms with van der Waals surface area (Å²) in [7, 11) is 1.59. The van der Waals surface area contributed by atoms with E-state index in [0.29, 0.717) is 18.8 Å². The van der Waals surface area contributed by atoms with Crippen LogP contribution in [-0.2, 0) is 11.3 Å². The fourth-order valence-corrected chi connectivity index (χ4v) is 1.65. The van der Waals surface area contributed by atoms with Gasteiger partial charge in [0.25, 0.3) is 5.69 Å². The van der Waals surface area contributed by atoms with Crippen LogP contribution in [0.2, 0.25) is 0 Å². The molecule has 2 aromatic rings. The fraction of sp³-hybridized carbons (Fsp3) is 0.250. The minimum atomic E-state index is -0.655. The Kier molecular flexibility index (Phi) is 4.26. The summed E-state index contributed by atoms with van der Waals surface area (Å²) in [4.78, 5) is 10.2. The van der Waals surface area contributed by atoms with E-state index in [0.717, 1.165) is 12.1 Å². The van der Waals surface area contributed by atoms with Gasteiger partial charge in [-0.3, -0.25) is 14.8 Å². The van der Waals surface area contributed by atoms with Crippen molar-refractivity contribution in [3.05, 3.63) is 46.5 Å². The number of rotatable bonds is 6. The Labute approximate surface area is 114 Å². The van der Waals surface area contributed by atoms with Crippen molar-refractivity contribution >= 4 is 17.1 Å². The summed E-state index contributed by atoms with van der Waals surface area (Å²) >= 11 is 0. The number of anilines is 2. The van der Waals surface area contributed by atoms with Gasteiger partial charge in [-0.05, 0) is 12.1 Å². The average molecular weight is 280 g/mol. The number of ether oxygens (including phenoxy) is 1. The number of nitrogens with one attached hydrogen (secondary N) is 1. The van der Waals surface area contributed by atoms with E-state index in [-0.39, 0.29) is 11.4 Å². The van der Waals surface area contributed by atoms with E-state index in [1.54, 1.807) is 18.0 Å². The highest BCUT2D eigenvalue weighted by Gasteiger charge is 2.15. The van der Waals surface area contributed by atoms with Crippen molar-refractivity contribution in [2.24, 2.45) is 0 Å². The molecule has 1 heterocycles. The molecular formula is C12H13FN4O3. The first kappa shape index (κ1) is 13.9. The van der Waals surface area contributed by atoms with Crippen molar-refractivity contribution in [2.75, 3.05) is 19.0 Å². The number of nitro benzene ring substituents is 1. The second-order valence-corrected chi connectivity index (χ2v) is 4.03. The van der Waals surface area contributed by atoms with Crippen LogP contribution in [0.25, 0.3) is 0 Å². The Morgan fingerprint density at radius 2 is 2.35 bits per heavy atom. The molecule has 0 saturated heterocycles. The van der Waals surface area contributed by atoms with Gasteiger partial charge in [-0.25, -0.2) is 4.39 Å². The summed E-state index contributed by atoms with van der Waals surface area (Å²) in [5.41, 5.74) is 0.466. The average Bonchev–Trinajstić information content (AvgIpc) is 2.86. The van der Waals surface area contributed by atoms with Crippen LogP contribution in [0.5, 0.6) is 0 Å². The summed E-state index contributed by atoms with van der Waals surface area (Å²) in [6.07, 6.45) is 3.22. The summed E-state index contributed by atoms with van der Waals surface area (Å²) < 4.78 is 19.6. The van der Waals surface area contributed by atoms with Gasteiger partial charge in [0.15, 0.2) is 0 Å². The minimum Gasteiger partial charge on any atom is -0.383 e. The van der Waals surface area contributed by atoms with Gasteiger partial charge in [0.1, 0.15) is 11.5 Å². The van der Waals surface area contributed by atoms with Crippen LogP contribution >= 0.6 is 0 Å². The summed E-state index contributed by atoms with van der Waals surface area (Å²) in [6, 6.07) is 3.35. The highest BCUT2D eigenvalue weighted by molar-refractivity contribution is 5.68. The molecule has 20 heavy (non-hydrogen) atoms. The zero-order valence-corrected chi connectivity index (χ0v) is 10.7. The van der Waals surface area contributed by atoms with Crippen molar-refractivity contribution in [1.29, 1.82) is 0 Å². The van der Waals surface area contributed by atoms with Crippen LogP contribution in [0.1, 0.15) is 0 Å². The lowest BCUT2D eigenvalue weighted by Crippen LogP contribution is -2.04. The van der Waals surface area contributed by atoms with Crippen LogP contribution in [0, 0.1) is 15.9 Å². The Morgan fingerprint density at radius 3 is 3.05 bits per heavy atom. The highest BCUT2D eigenvalue weighted by Crippen LogP contribution is 2.27. The van der Waals surface area contributed by atoms with Crippen molar-refractivity contribution in [3.8, 4) is 0 Å². The van der Waals surface area contributed by atoms with E-state index in [4.69, 9.17) is 4.74 Å². The van der Waals surface area contributed by atoms with Crippen LogP contribution in [0.15, 0.2) is 30.6 Å². The predicted octanol–water partition coefficient (Wildman–Crippen LogP) is 2.32. The lowest BCUT2D eigenvalue weighted by atomic mass is 10.2. The second-order valence-electron chi connectivity index (χ2n) is 4.03. The molecule has 0 fully saturated rings. The fourth-order valence-electron chi connectivity index (χ4n) is 1.65. The van der Waals surface area contributed by atoms with Gasteiger partial charge in [0, 0.05) is 13.3 Å². The minimum absolute atomic E-state index is 0.211. The third-order valence-corrected chi connectivity index (χ3v) is 2.59. The topological polar surface area (TPSA) is 82.2 Å². The quantitative estimate of drug-likeness (QED) is 0.648. The molecule has 0 amide bonds. The molecule has 2 rings (SSSR count). The van der Waals surface area contributed by atoms with Crippen LogP contribution in [0.3, 0.4) is 0 Å². The molecule has 0 atom stereocenters. The molecule has 1 N–H and O–H groups in total. The van der Waals surface area contributed by atoms with Gasteiger partial charge >= 0.3 is 0 Å². The van der Waals surface area contributed by atoms with Gasteiger partial charge in [-0.1, -0.05) is 0 Å². The van der Waals surface area contributed by atoms with Crippen LogP contribution in [-0.4, -0.2) is 28.4 Å². The van der Waals surface area contributed by atoms with Crippen molar-refractivity contribution in [2.45, 2.75) is 6.54 Å². The molecule has 0 unspecified atom stereocenters. The number of halogens is 1. The molecule has 0 aliphatic heterocycles. The highest BCUT2D eigenvalue weighted by atomic mass is 19.1. The molecule has 7 nitrogen and oxygen atoms in total. The van der Waals surface area contributed by atoms with Crippen molar-refractivity contribution in [3.63, 3.8) is 0 Å². The number of aromatic nitrogens is 2. The molecule has 0 aliphatic carbocycles. The van der Waals surface area contributed by atoms with E-state index < -0.39 is 10.7 Å². The lowest BCUT2D eigenvalue weighted by molar-refractivity contribution is -0.384. The van der Waals surface area contributed by atoms with Gasteiger partial charge in [-0.15, -0.1) is 0 Å². The predicted molar refractivity (Wildman–Crippen MR) is 70.4 cm³/mol. The molecule has 0 bridgehead atoms. The Balaban J connectivity index is 2.17. The van der Waals surface area contributed by atoms with Gasteiger partial charge < -0.3 is 10.1 Å². The van der Waals surface area contributed by atoms with E-state index in [2.05, 4.69) is 10.4 Å². The van der Waals surface area contributed by atoms with Gasteiger partial charge in [0.05, 0.1) is 36.0 Å². The zero-order valence-electron chi connectivity index (χ0n) is 10.7. The van der Waals surface area contributed by atoms with E-state index in [9.17, 15) is 14.5 Å². The molecule has 0 radical (unpaired) electrons. The third kappa shape index (κ3) is 3.29. The Hall–Kier alpha value is -2.48. The maximum absolute atomic E-state index is 13.0. The number of hydrogen-bond donors (Lipinski definition) is 1. The molecule has 106 valence electrons. The van der Waals surface area contributed by atoms with Gasteiger partial charge in [0.2, 0.25) is 0 Å². The first-order valence-electron chi connectivity index (χ1n) is 5.82. The van der Waals surface area contributed by atoms with E-state index in [1.807, 2.05) is 0 Å². The first-order chi connectivity index (χ1) is 9.60. The molecule has 0 saturated carbocycles. The molecule has 0 spiro atoms. The SMILES string of the molecule is COCCn1cc(Nc2ccc(F)cc2[N+](=O)[O-])cn1. The molecule has 0 aliphatic rings. The van der Waals surface area contributed by atoms with E-state index >= 15 is 0 Å². The van der Waals surface area contributed by atoms with Crippen LogP contribution < -0.4 is 5.32 Å². The number of nitro groups is 1. The van der Waals surface area contributed by atoms with Crippen molar-refractivity contribution in [1.82, 2.24) is 9.78 Å². The number of benzene rings is 1. The normalized spacial score (nSPS) is 10.5. The maximum atomic E-state index is 13.0. The summed E-state index contributed by atoms with van der Waals surface area (Å²) in [5, 5.41) is 17.8. The Morgan fingerprint density at radius 1 is 1.55 bits per heavy atom. The smallest absolute Gasteiger partial charge is 0.295 e. The summed E-state index contributed by atoms with van der Waals surface area (Å²) in [6.45, 7) is 1.08. The largest absolute Gasteiger partial charge is 0.383 e. The number of nitrogens with zero attached hydrogens (tertiary/aromatic N) is 3. The summed E-state index contributed by atoms with van der Waals surface area (Å²) in [5.74, 6) is -0.655. The van der Waals surface area contributed by atoms with E-state index in [1.165, 1.54) is 12.3 Å². The number of hydrogen-bond acceptors (Lipinski definition) is 5. The standard InChI is InChI=1S/C12H13FN4O3/c1-20-5-4-16-8-10(7-14-16)15-11-3-2-9(13)6-12(11)17(18)19/h2-3,6-8,15H,4-5H2,1H3. The van der Waals surface area contributed by atoms with Gasteiger partial charge in [-0.2, -0.15) is 5.10 Å². The monoisotopic (exact) mass is 280 g/mol. The molecule has 1 aromatic carbocycles. The Bertz CT molecular complexity index is 614. The third-order valence-electron chi connectivity index (χ3n) is 2.59. The number of methoxy groups -OCH3 is 1. The second kappa shape index (κ2) is 6.11. The zero-order chi connectivity index (χ0) is 14.5. The lowest BCUT2D eigenvalue weighted by Gasteiger charge is -2.04.